The van der Waals surface area contributed by atoms with Gasteiger partial charge in [-0.3, -0.25) is 0 Å². The molecule has 1 aromatic carbocycles. The third kappa shape index (κ3) is 5.23. The highest BCUT2D eigenvalue weighted by atomic mass is 15.1. The van der Waals surface area contributed by atoms with E-state index in [1.54, 1.807) is 0 Å². The number of benzene rings is 1. The summed E-state index contributed by atoms with van der Waals surface area (Å²) in [7, 11) is 2.18. The Hall–Kier alpha value is -1.02. The molecule has 0 fully saturated rings. The van der Waals surface area contributed by atoms with Gasteiger partial charge in [-0.1, -0.05) is 32.8 Å². The average molecular weight is 262 g/mol. The van der Waals surface area contributed by atoms with Crippen molar-refractivity contribution < 1.29 is 0 Å². The number of hydrogen-bond acceptors (Lipinski definition) is 2. The number of nitrogens with zero attached hydrogens (tertiary/aromatic N) is 1. The summed E-state index contributed by atoms with van der Waals surface area (Å²) >= 11 is 0. The second kappa shape index (κ2) is 8.21. The highest BCUT2D eigenvalue weighted by molar-refractivity contribution is 5.50. The fraction of sp³-hybridized carbons (Fsp3) is 0.647. The van der Waals surface area contributed by atoms with Crippen LogP contribution in [0.15, 0.2) is 18.2 Å². The largest absolute Gasteiger partial charge is 0.375 e. The van der Waals surface area contributed by atoms with E-state index in [1.165, 1.54) is 36.1 Å². The molecule has 0 aliphatic heterocycles. The fourth-order valence-electron chi connectivity index (χ4n) is 2.30. The van der Waals surface area contributed by atoms with Crippen LogP contribution < -0.4 is 10.6 Å². The van der Waals surface area contributed by atoms with E-state index in [0.717, 1.165) is 19.4 Å². The number of aryl methyl sites for hydroxylation is 1. The van der Waals surface area contributed by atoms with E-state index in [0.29, 0.717) is 0 Å². The first-order valence-electron chi connectivity index (χ1n) is 7.64. The lowest BCUT2D eigenvalue weighted by atomic mass is 9.99. The number of anilines is 1. The molecule has 2 heteroatoms. The van der Waals surface area contributed by atoms with E-state index in [2.05, 4.69) is 50.9 Å². The average Bonchev–Trinajstić information content (AvgIpc) is 2.41. The summed E-state index contributed by atoms with van der Waals surface area (Å²) in [6.07, 6.45) is 5.89. The molecule has 108 valence electrons. The highest BCUT2D eigenvalue weighted by Crippen LogP contribution is 2.20. The molecule has 1 aromatic rings. The van der Waals surface area contributed by atoms with Crippen LogP contribution in [0.2, 0.25) is 0 Å². The first-order valence-corrected chi connectivity index (χ1v) is 7.64. The van der Waals surface area contributed by atoms with E-state index in [1.807, 2.05) is 0 Å². The van der Waals surface area contributed by atoms with Crippen LogP contribution in [-0.4, -0.2) is 19.6 Å². The van der Waals surface area contributed by atoms with Gasteiger partial charge >= 0.3 is 0 Å². The molecular weight excluding hydrogens is 232 g/mol. The molecule has 1 atom stereocenters. The van der Waals surface area contributed by atoms with Crippen molar-refractivity contribution in [3.05, 3.63) is 29.3 Å². The molecule has 2 N–H and O–H groups in total. The monoisotopic (exact) mass is 262 g/mol. The van der Waals surface area contributed by atoms with Gasteiger partial charge < -0.3 is 10.6 Å². The Balaban J connectivity index is 2.65. The molecule has 0 amide bonds. The first-order chi connectivity index (χ1) is 9.08. The second-order valence-corrected chi connectivity index (χ2v) is 5.61. The molecule has 0 bridgehead atoms. The third-order valence-electron chi connectivity index (χ3n) is 3.87. The van der Waals surface area contributed by atoms with Crippen LogP contribution in [0.5, 0.6) is 0 Å². The number of rotatable bonds is 8. The molecule has 0 radical (unpaired) electrons. The minimum absolute atomic E-state index is 0.284. The van der Waals surface area contributed by atoms with Gasteiger partial charge in [-0.15, -0.1) is 0 Å². The van der Waals surface area contributed by atoms with Crippen molar-refractivity contribution in [3.8, 4) is 0 Å². The Morgan fingerprint density at radius 1 is 1.21 bits per heavy atom. The molecule has 2 nitrogen and oxygen atoms in total. The summed E-state index contributed by atoms with van der Waals surface area (Å²) < 4.78 is 0. The summed E-state index contributed by atoms with van der Waals surface area (Å²) in [5.74, 6) is 0. The summed E-state index contributed by atoms with van der Waals surface area (Å²) in [6, 6.07) is 7.06. The molecule has 0 saturated carbocycles. The first kappa shape index (κ1) is 16.0. The number of unbranched alkanes of at least 4 members (excludes halogenated alkanes) is 2. The Bertz CT molecular complexity index is 374. The van der Waals surface area contributed by atoms with E-state index in [-0.39, 0.29) is 6.04 Å². The summed E-state index contributed by atoms with van der Waals surface area (Å²) in [4.78, 5) is 2.35. The number of nitrogens with two attached hydrogens (primary N) is 1. The molecule has 1 unspecified atom stereocenters. The van der Waals surface area contributed by atoms with Crippen molar-refractivity contribution in [1.82, 2.24) is 0 Å². The van der Waals surface area contributed by atoms with Crippen molar-refractivity contribution in [2.24, 2.45) is 5.73 Å². The predicted molar refractivity (Wildman–Crippen MR) is 85.9 cm³/mol. The van der Waals surface area contributed by atoms with Gasteiger partial charge in [0.15, 0.2) is 0 Å². The van der Waals surface area contributed by atoms with Crippen molar-refractivity contribution in [3.63, 3.8) is 0 Å². The van der Waals surface area contributed by atoms with E-state index >= 15 is 0 Å². The predicted octanol–water partition coefficient (Wildman–Crippen LogP) is 3.90. The van der Waals surface area contributed by atoms with E-state index in [4.69, 9.17) is 5.73 Å². The van der Waals surface area contributed by atoms with Gasteiger partial charge in [0.1, 0.15) is 0 Å². The molecule has 0 aromatic heterocycles. The molecule has 0 aliphatic carbocycles. The Labute approximate surface area is 119 Å². The van der Waals surface area contributed by atoms with Crippen molar-refractivity contribution in [2.75, 3.05) is 18.5 Å². The standard InChI is InChI=1S/C17H30N2/c1-5-7-8-11-19(4)17-10-9-15(14(3)12-17)13-16(18)6-2/h9-10,12,16H,5-8,11,13,18H2,1-4H3. The van der Waals surface area contributed by atoms with Crippen molar-refractivity contribution >= 4 is 5.69 Å². The molecule has 0 heterocycles. The highest BCUT2D eigenvalue weighted by Gasteiger charge is 2.07. The van der Waals surface area contributed by atoms with E-state index < -0.39 is 0 Å². The topological polar surface area (TPSA) is 29.3 Å². The van der Waals surface area contributed by atoms with Crippen LogP contribution in [0, 0.1) is 6.92 Å². The minimum Gasteiger partial charge on any atom is -0.375 e. The Morgan fingerprint density at radius 2 is 1.95 bits per heavy atom. The maximum atomic E-state index is 6.04. The molecule has 0 spiro atoms. The van der Waals surface area contributed by atoms with E-state index in [9.17, 15) is 0 Å². The Kier molecular flexibility index (Phi) is 6.93. The van der Waals surface area contributed by atoms with Crippen LogP contribution in [0.3, 0.4) is 0 Å². The van der Waals surface area contributed by atoms with Crippen molar-refractivity contribution in [1.29, 1.82) is 0 Å². The fourth-order valence-corrected chi connectivity index (χ4v) is 2.30. The van der Waals surface area contributed by atoms with Crippen LogP contribution in [0.1, 0.15) is 50.7 Å². The normalized spacial score (nSPS) is 12.5. The van der Waals surface area contributed by atoms with Gasteiger partial charge in [0.05, 0.1) is 0 Å². The third-order valence-corrected chi connectivity index (χ3v) is 3.87. The minimum atomic E-state index is 0.284. The van der Waals surface area contributed by atoms with Crippen molar-refractivity contribution in [2.45, 2.75) is 58.9 Å². The molecular formula is C17H30N2. The molecule has 0 aliphatic rings. The smallest absolute Gasteiger partial charge is 0.0366 e. The maximum Gasteiger partial charge on any atom is 0.0366 e. The zero-order chi connectivity index (χ0) is 14.3. The van der Waals surface area contributed by atoms with Gasteiger partial charge in [-0.25, -0.2) is 0 Å². The Morgan fingerprint density at radius 3 is 2.53 bits per heavy atom. The van der Waals surface area contributed by atoms with Crippen LogP contribution >= 0.6 is 0 Å². The maximum absolute atomic E-state index is 6.04. The zero-order valence-corrected chi connectivity index (χ0v) is 13.1. The number of hydrogen-bond donors (Lipinski definition) is 1. The van der Waals surface area contributed by atoms with Crippen LogP contribution in [0.25, 0.3) is 0 Å². The SMILES string of the molecule is CCCCCN(C)c1ccc(CC(N)CC)c(C)c1. The lowest BCUT2D eigenvalue weighted by Gasteiger charge is -2.21. The summed E-state index contributed by atoms with van der Waals surface area (Å²) in [5.41, 5.74) is 10.1. The molecule has 0 saturated heterocycles. The lowest BCUT2D eigenvalue weighted by molar-refractivity contribution is 0.644. The van der Waals surface area contributed by atoms with Gasteiger partial charge in [0.2, 0.25) is 0 Å². The second-order valence-electron chi connectivity index (χ2n) is 5.61. The van der Waals surface area contributed by atoms with Crippen LogP contribution in [-0.2, 0) is 6.42 Å². The lowest BCUT2D eigenvalue weighted by Crippen LogP contribution is -2.22. The molecule has 19 heavy (non-hydrogen) atoms. The quantitative estimate of drug-likeness (QED) is 0.720. The van der Waals surface area contributed by atoms with Gasteiger partial charge in [0, 0.05) is 25.3 Å². The van der Waals surface area contributed by atoms with Crippen LogP contribution in [0.4, 0.5) is 5.69 Å². The van der Waals surface area contributed by atoms with Gasteiger partial charge in [-0.05, 0) is 49.4 Å². The molecule has 1 rings (SSSR count). The van der Waals surface area contributed by atoms with Gasteiger partial charge in [0.25, 0.3) is 0 Å². The zero-order valence-electron chi connectivity index (χ0n) is 13.1. The van der Waals surface area contributed by atoms with Gasteiger partial charge in [-0.2, -0.15) is 0 Å². The summed E-state index contributed by atoms with van der Waals surface area (Å²) in [5, 5.41) is 0. The summed E-state index contributed by atoms with van der Waals surface area (Å²) in [6.45, 7) is 7.73.